The van der Waals surface area contributed by atoms with Crippen LogP contribution in [0.25, 0.3) is 5.69 Å². The maximum Gasteiger partial charge on any atom is 0.426 e. The molecule has 2 N–H and O–H groups in total. The molecule has 1 atom stereocenters. The van der Waals surface area contributed by atoms with Gasteiger partial charge in [0.2, 0.25) is 5.60 Å². The van der Waals surface area contributed by atoms with Gasteiger partial charge < -0.3 is 15.1 Å². The van der Waals surface area contributed by atoms with Gasteiger partial charge in [-0.2, -0.15) is 18.3 Å². The lowest BCUT2D eigenvalue weighted by Crippen LogP contribution is -2.57. The van der Waals surface area contributed by atoms with Gasteiger partial charge in [0, 0.05) is 30.9 Å². The molecule has 1 aromatic carbocycles. The molecule has 0 saturated carbocycles. The number of aliphatic hydroxyl groups is 2. The zero-order chi connectivity index (χ0) is 22.3. The Morgan fingerprint density at radius 1 is 1.03 bits per heavy atom. The fourth-order valence-electron chi connectivity index (χ4n) is 3.66. The first-order valence-corrected chi connectivity index (χ1v) is 9.78. The van der Waals surface area contributed by atoms with E-state index in [9.17, 15) is 28.2 Å². The summed E-state index contributed by atoms with van der Waals surface area (Å²) in [6.07, 6.45) is -2.43. The number of carbonyl (C=O) groups excluding carboxylic acids is 1. The molecule has 9 heteroatoms. The predicted molar refractivity (Wildman–Crippen MR) is 104 cm³/mol. The molecule has 1 amide bonds. The molecule has 1 aliphatic heterocycles. The first-order chi connectivity index (χ1) is 13.8. The fraction of sp³-hybridized carbons (Fsp3) is 0.524. The van der Waals surface area contributed by atoms with Crippen LogP contribution in [0.4, 0.5) is 13.2 Å². The molecule has 1 unspecified atom stereocenters. The van der Waals surface area contributed by atoms with Gasteiger partial charge in [0.1, 0.15) is 0 Å². The Balaban J connectivity index is 1.72. The smallest absolute Gasteiger partial charge is 0.386 e. The first-order valence-electron chi connectivity index (χ1n) is 9.78. The molecule has 2 aromatic rings. The third-order valence-corrected chi connectivity index (χ3v) is 5.66. The average molecular weight is 425 g/mol. The second kappa shape index (κ2) is 7.70. The van der Waals surface area contributed by atoms with Gasteiger partial charge in [-0.1, -0.05) is 12.1 Å². The molecule has 6 nitrogen and oxygen atoms in total. The summed E-state index contributed by atoms with van der Waals surface area (Å²) >= 11 is 0. The van der Waals surface area contributed by atoms with Crippen molar-refractivity contribution < 1.29 is 28.2 Å². The van der Waals surface area contributed by atoms with Crippen LogP contribution in [0.1, 0.15) is 50.8 Å². The maximum absolute atomic E-state index is 13.0. The molecule has 3 rings (SSSR count). The number of piperidine rings is 1. The van der Waals surface area contributed by atoms with E-state index in [1.807, 2.05) is 30.3 Å². The van der Waals surface area contributed by atoms with Crippen LogP contribution >= 0.6 is 0 Å². The van der Waals surface area contributed by atoms with Crippen LogP contribution in [0.2, 0.25) is 0 Å². The highest BCUT2D eigenvalue weighted by Gasteiger charge is 2.57. The Hall–Kier alpha value is -2.39. The molecular formula is C21H26F3N3O3. The highest BCUT2D eigenvalue weighted by atomic mass is 19.4. The zero-order valence-corrected chi connectivity index (χ0v) is 17.1. The number of alkyl halides is 3. The normalized spacial score (nSPS) is 18.3. The quantitative estimate of drug-likeness (QED) is 0.789. The second-order valence-corrected chi connectivity index (χ2v) is 8.41. The number of amides is 1. The van der Waals surface area contributed by atoms with Crippen molar-refractivity contribution in [2.24, 2.45) is 0 Å². The SMILES string of the molecule is CC(C)(O)c1ccc(-n2nccc2C2CCN(C(=O)C(C)(O)C(F)(F)F)CC2)cc1. The van der Waals surface area contributed by atoms with Crippen molar-refractivity contribution in [2.45, 2.75) is 56.9 Å². The van der Waals surface area contributed by atoms with Crippen molar-refractivity contribution >= 4 is 5.91 Å². The number of aromatic nitrogens is 2. The number of hydrogen-bond donors (Lipinski definition) is 2. The van der Waals surface area contributed by atoms with Crippen LogP contribution < -0.4 is 0 Å². The highest BCUT2D eigenvalue weighted by molar-refractivity contribution is 5.85. The summed E-state index contributed by atoms with van der Waals surface area (Å²) in [5, 5.41) is 24.1. The van der Waals surface area contributed by atoms with Crippen molar-refractivity contribution in [3.8, 4) is 5.69 Å². The van der Waals surface area contributed by atoms with E-state index in [4.69, 9.17) is 0 Å². The average Bonchev–Trinajstić information content (AvgIpc) is 3.16. The Labute approximate surface area is 172 Å². The van der Waals surface area contributed by atoms with E-state index >= 15 is 0 Å². The zero-order valence-electron chi connectivity index (χ0n) is 17.1. The predicted octanol–water partition coefficient (Wildman–Crippen LogP) is 3.12. The van der Waals surface area contributed by atoms with Gasteiger partial charge >= 0.3 is 6.18 Å². The van der Waals surface area contributed by atoms with E-state index in [1.165, 1.54) is 0 Å². The standard InChI is InChI=1S/C21H26F3N3O3/c1-19(2,29)15-4-6-16(7-5-15)27-17(8-11-25-27)14-9-12-26(13-10-14)18(28)20(3,30)21(22,23)24/h4-8,11,14,29-30H,9-10,12-13H2,1-3H3. The molecular weight excluding hydrogens is 399 g/mol. The van der Waals surface area contributed by atoms with Crippen LogP contribution in [0.3, 0.4) is 0 Å². The molecule has 1 aromatic heterocycles. The van der Waals surface area contributed by atoms with Gasteiger partial charge in [0.15, 0.2) is 0 Å². The number of benzene rings is 1. The van der Waals surface area contributed by atoms with Crippen molar-refractivity contribution in [2.75, 3.05) is 13.1 Å². The Morgan fingerprint density at radius 3 is 2.10 bits per heavy atom. The summed E-state index contributed by atoms with van der Waals surface area (Å²) < 4.78 is 40.6. The number of carbonyl (C=O) groups is 1. The van der Waals surface area contributed by atoms with E-state index < -0.39 is 23.3 Å². The lowest BCUT2D eigenvalue weighted by Gasteiger charge is -2.36. The van der Waals surface area contributed by atoms with E-state index in [1.54, 1.807) is 24.7 Å². The Kier molecular flexibility index (Phi) is 5.72. The van der Waals surface area contributed by atoms with E-state index in [0.717, 1.165) is 21.8 Å². The molecule has 0 bridgehead atoms. The minimum atomic E-state index is -5.02. The molecule has 0 radical (unpaired) electrons. The summed E-state index contributed by atoms with van der Waals surface area (Å²) in [5.74, 6) is -1.30. The van der Waals surface area contributed by atoms with Gasteiger partial charge in [-0.25, -0.2) is 4.68 Å². The van der Waals surface area contributed by atoms with Gasteiger partial charge in [0.05, 0.1) is 11.3 Å². The fourth-order valence-corrected chi connectivity index (χ4v) is 3.66. The minimum Gasteiger partial charge on any atom is -0.386 e. The first kappa shape index (κ1) is 22.3. The summed E-state index contributed by atoms with van der Waals surface area (Å²) in [6.45, 7) is 4.14. The lowest BCUT2D eigenvalue weighted by molar-refractivity contribution is -0.250. The molecule has 30 heavy (non-hydrogen) atoms. The summed E-state index contributed by atoms with van der Waals surface area (Å²) in [7, 11) is 0. The van der Waals surface area contributed by atoms with Gasteiger partial charge in [-0.15, -0.1) is 0 Å². The Morgan fingerprint density at radius 2 is 1.60 bits per heavy atom. The summed E-state index contributed by atoms with van der Waals surface area (Å²) in [5.41, 5.74) is -1.86. The minimum absolute atomic E-state index is 0.0151. The van der Waals surface area contributed by atoms with E-state index in [-0.39, 0.29) is 19.0 Å². The molecule has 0 aliphatic carbocycles. The third-order valence-electron chi connectivity index (χ3n) is 5.66. The third kappa shape index (κ3) is 4.22. The van der Waals surface area contributed by atoms with Crippen molar-refractivity contribution in [3.05, 3.63) is 47.8 Å². The van der Waals surface area contributed by atoms with E-state index in [2.05, 4.69) is 5.10 Å². The highest BCUT2D eigenvalue weighted by Crippen LogP contribution is 2.35. The van der Waals surface area contributed by atoms with Gasteiger partial charge in [0.25, 0.3) is 5.91 Å². The van der Waals surface area contributed by atoms with Gasteiger partial charge in [-0.05, 0) is 57.4 Å². The summed E-state index contributed by atoms with van der Waals surface area (Å²) in [4.78, 5) is 13.3. The molecule has 164 valence electrons. The second-order valence-electron chi connectivity index (χ2n) is 8.41. The monoisotopic (exact) mass is 425 g/mol. The van der Waals surface area contributed by atoms with Crippen LogP contribution in [-0.2, 0) is 10.4 Å². The topological polar surface area (TPSA) is 78.6 Å². The Bertz CT molecular complexity index is 891. The van der Waals surface area contributed by atoms with Crippen molar-refractivity contribution in [1.29, 1.82) is 0 Å². The van der Waals surface area contributed by atoms with Crippen LogP contribution in [0.5, 0.6) is 0 Å². The number of rotatable bonds is 4. The summed E-state index contributed by atoms with van der Waals surface area (Å²) in [6, 6.07) is 9.20. The van der Waals surface area contributed by atoms with Crippen LogP contribution in [-0.4, -0.2) is 55.7 Å². The van der Waals surface area contributed by atoms with Crippen LogP contribution in [0.15, 0.2) is 36.5 Å². The molecule has 1 fully saturated rings. The van der Waals surface area contributed by atoms with Crippen molar-refractivity contribution in [3.63, 3.8) is 0 Å². The molecule has 0 spiro atoms. The number of likely N-dealkylation sites (tertiary alicyclic amines) is 1. The number of hydrogen-bond acceptors (Lipinski definition) is 4. The number of nitrogens with zero attached hydrogens (tertiary/aromatic N) is 3. The van der Waals surface area contributed by atoms with Gasteiger partial charge in [-0.3, -0.25) is 4.79 Å². The largest absolute Gasteiger partial charge is 0.426 e. The van der Waals surface area contributed by atoms with Crippen LogP contribution in [0, 0.1) is 0 Å². The molecule has 1 aliphatic rings. The lowest BCUT2D eigenvalue weighted by atomic mass is 9.92. The molecule has 2 heterocycles. The van der Waals surface area contributed by atoms with E-state index in [0.29, 0.717) is 19.8 Å². The molecule has 1 saturated heterocycles. The number of halogens is 3. The maximum atomic E-state index is 13.0. The van der Waals surface area contributed by atoms with Crippen molar-refractivity contribution in [1.82, 2.24) is 14.7 Å².